The predicted molar refractivity (Wildman–Crippen MR) is 78.1 cm³/mol. The van der Waals surface area contributed by atoms with Gasteiger partial charge in [-0.05, 0) is 30.4 Å². The highest BCUT2D eigenvalue weighted by molar-refractivity contribution is 7.99. The topological polar surface area (TPSA) is 49.4 Å². The van der Waals surface area contributed by atoms with Gasteiger partial charge in [0.2, 0.25) is 11.8 Å². The fourth-order valence-corrected chi connectivity index (χ4v) is 2.50. The standard InChI is InChI=1S/C14H18N2O2S/c1-19-10-13(17)15-12-5-2-4-11(8-12)9-16-7-3-6-14(16)18/h2,4-5,8H,3,6-7,9-10H2,1H3,(H,15,17). The fourth-order valence-electron chi connectivity index (χ4n) is 2.17. The Morgan fingerprint density at radius 2 is 2.32 bits per heavy atom. The molecule has 0 radical (unpaired) electrons. The van der Waals surface area contributed by atoms with Crippen molar-refractivity contribution in [2.75, 3.05) is 23.9 Å². The zero-order chi connectivity index (χ0) is 13.7. The van der Waals surface area contributed by atoms with Crippen LogP contribution in [0.1, 0.15) is 18.4 Å². The molecule has 102 valence electrons. The molecule has 2 amide bonds. The van der Waals surface area contributed by atoms with Crippen LogP contribution in [0.4, 0.5) is 5.69 Å². The van der Waals surface area contributed by atoms with E-state index < -0.39 is 0 Å². The molecule has 0 unspecified atom stereocenters. The van der Waals surface area contributed by atoms with Crippen LogP contribution in [-0.2, 0) is 16.1 Å². The lowest BCUT2D eigenvalue weighted by Gasteiger charge is -2.16. The number of hydrogen-bond acceptors (Lipinski definition) is 3. The number of carbonyl (C=O) groups excluding carboxylic acids is 2. The van der Waals surface area contributed by atoms with Crippen LogP contribution >= 0.6 is 11.8 Å². The Bertz CT molecular complexity index is 476. The second kappa shape index (κ2) is 6.61. The van der Waals surface area contributed by atoms with E-state index in [1.54, 1.807) is 0 Å². The van der Waals surface area contributed by atoms with Crippen molar-refractivity contribution < 1.29 is 9.59 Å². The average molecular weight is 278 g/mol. The van der Waals surface area contributed by atoms with Crippen molar-refractivity contribution in [2.45, 2.75) is 19.4 Å². The molecule has 5 heteroatoms. The van der Waals surface area contributed by atoms with E-state index >= 15 is 0 Å². The minimum absolute atomic E-state index is 0.00176. The van der Waals surface area contributed by atoms with Gasteiger partial charge in [-0.15, -0.1) is 0 Å². The number of amides is 2. The van der Waals surface area contributed by atoms with Crippen LogP contribution in [-0.4, -0.2) is 35.3 Å². The third-order valence-corrected chi connectivity index (χ3v) is 3.58. The molecule has 19 heavy (non-hydrogen) atoms. The van der Waals surface area contributed by atoms with E-state index in [-0.39, 0.29) is 11.8 Å². The number of rotatable bonds is 5. The van der Waals surface area contributed by atoms with E-state index in [1.165, 1.54) is 11.8 Å². The highest BCUT2D eigenvalue weighted by Crippen LogP contribution is 2.17. The average Bonchev–Trinajstić information content (AvgIpc) is 2.76. The van der Waals surface area contributed by atoms with Gasteiger partial charge in [0.05, 0.1) is 5.75 Å². The first-order valence-electron chi connectivity index (χ1n) is 6.34. The summed E-state index contributed by atoms with van der Waals surface area (Å²) in [7, 11) is 0. The molecule has 1 saturated heterocycles. The van der Waals surface area contributed by atoms with Crippen LogP contribution < -0.4 is 5.32 Å². The quantitative estimate of drug-likeness (QED) is 0.897. The highest BCUT2D eigenvalue weighted by atomic mass is 32.2. The lowest BCUT2D eigenvalue weighted by atomic mass is 10.2. The van der Waals surface area contributed by atoms with Gasteiger partial charge in [-0.25, -0.2) is 0 Å². The van der Waals surface area contributed by atoms with Gasteiger partial charge in [-0.2, -0.15) is 11.8 Å². The molecule has 1 N–H and O–H groups in total. The molecule has 4 nitrogen and oxygen atoms in total. The number of likely N-dealkylation sites (tertiary alicyclic amines) is 1. The van der Waals surface area contributed by atoms with Crippen molar-refractivity contribution in [2.24, 2.45) is 0 Å². The zero-order valence-corrected chi connectivity index (χ0v) is 11.8. The lowest BCUT2D eigenvalue weighted by Crippen LogP contribution is -2.23. The van der Waals surface area contributed by atoms with Crippen molar-refractivity contribution in [3.8, 4) is 0 Å². The van der Waals surface area contributed by atoms with E-state index in [9.17, 15) is 9.59 Å². The van der Waals surface area contributed by atoms with Crippen molar-refractivity contribution in [1.82, 2.24) is 4.90 Å². The van der Waals surface area contributed by atoms with Gasteiger partial charge in [0, 0.05) is 25.2 Å². The van der Waals surface area contributed by atoms with Crippen LogP contribution in [0.5, 0.6) is 0 Å². The number of hydrogen-bond donors (Lipinski definition) is 1. The summed E-state index contributed by atoms with van der Waals surface area (Å²) >= 11 is 1.49. The third-order valence-electron chi connectivity index (χ3n) is 3.03. The summed E-state index contributed by atoms with van der Waals surface area (Å²) in [5, 5.41) is 2.86. The molecule has 0 aromatic heterocycles. The summed E-state index contributed by atoms with van der Waals surface area (Å²) in [6.07, 6.45) is 3.50. The van der Waals surface area contributed by atoms with Crippen molar-refractivity contribution in [1.29, 1.82) is 0 Å². The molecule has 0 bridgehead atoms. The van der Waals surface area contributed by atoms with Gasteiger partial charge in [0.15, 0.2) is 0 Å². The molecule has 0 atom stereocenters. The Hall–Kier alpha value is -1.49. The van der Waals surface area contributed by atoms with Crippen LogP contribution in [0.3, 0.4) is 0 Å². The first-order valence-corrected chi connectivity index (χ1v) is 7.74. The Kier molecular flexibility index (Phi) is 4.85. The molecule has 0 aliphatic carbocycles. The molecular formula is C14H18N2O2S. The van der Waals surface area contributed by atoms with E-state index in [0.717, 1.165) is 24.2 Å². The maximum Gasteiger partial charge on any atom is 0.234 e. The van der Waals surface area contributed by atoms with E-state index in [1.807, 2.05) is 35.4 Å². The number of benzene rings is 1. The Morgan fingerprint density at radius 1 is 1.47 bits per heavy atom. The highest BCUT2D eigenvalue weighted by Gasteiger charge is 2.19. The smallest absolute Gasteiger partial charge is 0.234 e. The summed E-state index contributed by atoms with van der Waals surface area (Å²) in [6.45, 7) is 1.47. The normalized spacial score (nSPS) is 14.8. The minimum atomic E-state index is 0.00176. The molecular weight excluding hydrogens is 260 g/mol. The van der Waals surface area contributed by atoms with Crippen LogP contribution in [0.2, 0.25) is 0 Å². The Morgan fingerprint density at radius 3 is 3.00 bits per heavy atom. The molecule has 1 aromatic rings. The van der Waals surface area contributed by atoms with Gasteiger partial charge in [-0.1, -0.05) is 12.1 Å². The van der Waals surface area contributed by atoms with Gasteiger partial charge in [0.1, 0.15) is 0 Å². The van der Waals surface area contributed by atoms with Crippen LogP contribution in [0, 0.1) is 0 Å². The molecule has 2 rings (SSSR count). The Labute approximate surface area is 117 Å². The largest absolute Gasteiger partial charge is 0.338 e. The van der Waals surface area contributed by atoms with Gasteiger partial charge < -0.3 is 10.2 Å². The summed E-state index contributed by atoms with van der Waals surface area (Å²) < 4.78 is 0. The van der Waals surface area contributed by atoms with Gasteiger partial charge in [-0.3, -0.25) is 9.59 Å². The van der Waals surface area contributed by atoms with Gasteiger partial charge >= 0.3 is 0 Å². The second-order valence-electron chi connectivity index (χ2n) is 4.60. The number of nitrogens with zero attached hydrogens (tertiary/aromatic N) is 1. The maximum absolute atomic E-state index is 11.6. The molecule has 1 heterocycles. The van der Waals surface area contributed by atoms with E-state index in [2.05, 4.69) is 5.32 Å². The first kappa shape index (κ1) is 13.9. The monoisotopic (exact) mass is 278 g/mol. The number of thioether (sulfide) groups is 1. The zero-order valence-electron chi connectivity index (χ0n) is 11.0. The SMILES string of the molecule is CSCC(=O)Nc1cccc(CN2CCCC2=O)c1. The summed E-state index contributed by atoms with van der Waals surface area (Å²) in [6, 6.07) is 7.69. The first-order chi connectivity index (χ1) is 9.19. The minimum Gasteiger partial charge on any atom is -0.338 e. The molecule has 1 aliphatic heterocycles. The summed E-state index contributed by atoms with van der Waals surface area (Å²) in [5.74, 6) is 0.674. The second-order valence-corrected chi connectivity index (χ2v) is 5.47. The van der Waals surface area contributed by atoms with E-state index in [0.29, 0.717) is 18.7 Å². The molecule has 0 spiro atoms. The summed E-state index contributed by atoms with van der Waals surface area (Å²) in [5.41, 5.74) is 1.85. The van der Waals surface area contributed by atoms with E-state index in [4.69, 9.17) is 0 Å². The predicted octanol–water partition coefficient (Wildman–Crippen LogP) is 2.11. The van der Waals surface area contributed by atoms with Crippen molar-refractivity contribution >= 4 is 29.3 Å². The number of nitrogens with one attached hydrogen (secondary N) is 1. The number of carbonyl (C=O) groups is 2. The molecule has 1 aromatic carbocycles. The number of anilines is 1. The molecule has 1 aliphatic rings. The van der Waals surface area contributed by atoms with Crippen LogP contribution in [0.15, 0.2) is 24.3 Å². The van der Waals surface area contributed by atoms with Gasteiger partial charge in [0.25, 0.3) is 0 Å². The Balaban J connectivity index is 1.98. The summed E-state index contributed by atoms with van der Waals surface area (Å²) in [4.78, 5) is 25.0. The maximum atomic E-state index is 11.6. The fraction of sp³-hybridized carbons (Fsp3) is 0.429. The van der Waals surface area contributed by atoms with Crippen LogP contribution in [0.25, 0.3) is 0 Å². The molecule has 1 fully saturated rings. The lowest BCUT2D eigenvalue weighted by molar-refractivity contribution is -0.128. The molecule has 0 saturated carbocycles. The van der Waals surface area contributed by atoms with Crippen molar-refractivity contribution in [3.63, 3.8) is 0 Å². The van der Waals surface area contributed by atoms with Crippen molar-refractivity contribution in [3.05, 3.63) is 29.8 Å². The third kappa shape index (κ3) is 3.99.